The number of pyridine rings is 2. The Kier molecular flexibility index (Phi) is 9.39. The Labute approximate surface area is 484 Å². The fourth-order valence-corrected chi connectivity index (χ4v) is 14.2. The Morgan fingerprint density at radius 1 is 0.329 bits per heavy atom. The number of hydrogen-bond donors (Lipinski definition) is 0. The van der Waals surface area contributed by atoms with Crippen molar-refractivity contribution in [3.05, 3.63) is 276 Å². The van der Waals surface area contributed by atoms with E-state index in [4.69, 9.17) is 19.4 Å². The highest BCUT2D eigenvalue weighted by Crippen LogP contribution is 2.66. The summed E-state index contributed by atoms with van der Waals surface area (Å²) in [5.74, 6) is 2.65. The molecule has 0 radical (unpaired) electrons. The van der Waals surface area contributed by atoms with Crippen LogP contribution in [0.25, 0.3) is 93.9 Å². The molecule has 0 atom stereocenters. The minimum Gasteiger partial charge on any atom is -0.453 e. The summed E-state index contributed by atoms with van der Waals surface area (Å²) in [5, 5.41) is 36.5. The molecule has 392 valence electrons. The van der Waals surface area contributed by atoms with Gasteiger partial charge in [-0.25, -0.2) is 0 Å². The van der Waals surface area contributed by atoms with Crippen molar-refractivity contribution in [3.8, 4) is 69.7 Å². The molecule has 85 heavy (non-hydrogen) atoms. The van der Waals surface area contributed by atoms with Gasteiger partial charge in [-0.1, -0.05) is 103 Å². The van der Waals surface area contributed by atoms with Crippen molar-refractivity contribution in [1.82, 2.24) is 23.7 Å². The highest BCUT2D eigenvalue weighted by atomic mass is 16.5. The largest absolute Gasteiger partial charge is 0.453 e. The average molecular weight is 1090 g/mol. The summed E-state index contributed by atoms with van der Waals surface area (Å²) in [6.45, 7) is 0. The van der Waals surface area contributed by atoms with Crippen molar-refractivity contribution in [2.24, 2.45) is 0 Å². The first-order valence-corrected chi connectivity index (χ1v) is 28.0. The lowest BCUT2D eigenvalue weighted by Gasteiger charge is -2.42. The van der Waals surface area contributed by atoms with Gasteiger partial charge in [-0.15, -0.1) is 0 Å². The minimum absolute atomic E-state index is 0.568. The van der Waals surface area contributed by atoms with Gasteiger partial charge in [-0.05, 0) is 121 Å². The fraction of sp³-hybridized carbons (Fsp3) is 0.0135. The highest BCUT2D eigenvalue weighted by Gasteiger charge is 2.55. The lowest BCUT2D eigenvalue weighted by molar-refractivity contribution is 0.434. The molecule has 0 fully saturated rings. The van der Waals surface area contributed by atoms with Crippen molar-refractivity contribution in [2.75, 3.05) is 4.90 Å². The molecule has 15 aromatic rings. The van der Waals surface area contributed by atoms with E-state index in [9.17, 15) is 15.8 Å². The fourth-order valence-electron chi connectivity index (χ4n) is 14.2. The van der Waals surface area contributed by atoms with Gasteiger partial charge < -0.3 is 23.2 Å². The lowest BCUT2D eigenvalue weighted by atomic mass is 9.66. The van der Waals surface area contributed by atoms with Crippen LogP contribution >= 0.6 is 0 Å². The van der Waals surface area contributed by atoms with E-state index in [1.807, 2.05) is 134 Å². The summed E-state index contributed by atoms with van der Waals surface area (Å²) in [5.41, 5.74) is 16.1. The number of anilines is 3. The SMILES string of the molecule is N#Cc1ccc2c(c1)c1ccccc1n2-c1cnc2c(c1)C1(c3cc(-n4c5ccccc5c5cc(C#N)ccc54)cnc3-2)c2cccc(N3c4ccccc4Oc4ccccc43)c2Oc2c(-n3c4ccccc4c4cc(C#N)ccc43)cccc21. The van der Waals surface area contributed by atoms with Crippen LogP contribution in [0.15, 0.2) is 237 Å². The molecule has 1 aliphatic carbocycles. The van der Waals surface area contributed by atoms with Gasteiger partial charge in [-0.2, -0.15) is 15.8 Å². The van der Waals surface area contributed by atoms with E-state index >= 15 is 0 Å². The molecule has 18 rings (SSSR count). The summed E-state index contributed by atoms with van der Waals surface area (Å²) in [7, 11) is 0. The Hall–Kier alpha value is -12.2. The molecule has 1 spiro atoms. The third-order valence-corrected chi connectivity index (χ3v) is 17.6. The molecule has 0 N–H and O–H groups in total. The molecular weight excluding hydrogens is 1050 g/mol. The molecule has 0 saturated carbocycles. The zero-order chi connectivity index (χ0) is 56.2. The number of para-hydroxylation sites is 9. The zero-order valence-electron chi connectivity index (χ0n) is 44.9. The maximum Gasteiger partial charge on any atom is 0.156 e. The second kappa shape index (κ2) is 17.2. The van der Waals surface area contributed by atoms with Gasteiger partial charge >= 0.3 is 0 Å². The molecule has 2 aliphatic heterocycles. The Morgan fingerprint density at radius 2 is 0.718 bits per heavy atom. The Morgan fingerprint density at radius 3 is 1.20 bits per heavy atom. The first-order chi connectivity index (χ1) is 42.0. The molecule has 11 nitrogen and oxygen atoms in total. The van der Waals surface area contributed by atoms with Crippen LogP contribution in [0.2, 0.25) is 0 Å². The predicted octanol–water partition coefficient (Wildman–Crippen LogP) is 17.4. The first kappa shape index (κ1) is 46.5. The van der Waals surface area contributed by atoms with Crippen LogP contribution in [0.4, 0.5) is 17.1 Å². The maximum atomic E-state index is 10.3. The number of ether oxygens (including phenoxy) is 2. The van der Waals surface area contributed by atoms with Gasteiger partial charge in [0.15, 0.2) is 23.0 Å². The van der Waals surface area contributed by atoms with Gasteiger partial charge in [0.05, 0.1) is 131 Å². The first-order valence-electron chi connectivity index (χ1n) is 28.0. The Bertz CT molecular complexity index is 5420. The number of nitrogens with zero attached hydrogens (tertiary/aromatic N) is 9. The monoisotopic (exact) mass is 1090 g/mol. The molecular formula is C74H39N9O2. The van der Waals surface area contributed by atoms with Crippen LogP contribution in [0, 0.1) is 34.0 Å². The number of rotatable bonds is 4. The van der Waals surface area contributed by atoms with Crippen molar-refractivity contribution in [1.29, 1.82) is 15.8 Å². The number of nitriles is 3. The molecule has 0 amide bonds. The molecule has 7 heterocycles. The van der Waals surface area contributed by atoms with Gasteiger partial charge in [0.25, 0.3) is 0 Å². The second-order valence-corrected chi connectivity index (χ2v) is 21.8. The summed E-state index contributed by atoms with van der Waals surface area (Å²) >= 11 is 0. The third-order valence-electron chi connectivity index (χ3n) is 17.6. The van der Waals surface area contributed by atoms with E-state index in [1.54, 1.807) is 0 Å². The number of hydrogen-bond acceptors (Lipinski definition) is 8. The van der Waals surface area contributed by atoms with E-state index in [1.165, 1.54) is 0 Å². The summed E-state index contributed by atoms with van der Waals surface area (Å²) in [6, 6.07) is 83.5. The molecule has 0 bridgehead atoms. The molecule has 0 saturated heterocycles. The van der Waals surface area contributed by atoms with Gasteiger partial charge in [0.1, 0.15) is 0 Å². The smallest absolute Gasteiger partial charge is 0.156 e. The van der Waals surface area contributed by atoms with Crippen molar-refractivity contribution in [3.63, 3.8) is 0 Å². The van der Waals surface area contributed by atoms with Crippen LogP contribution < -0.4 is 14.4 Å². The van der Waals surface area contributed by atoms with E-state index in [0.717, 1.165) is 133 Å². The van der Waals surface area contributed by atoms with E-state index in [0.29, 0.717) is 39.7 Å². The highest BCUT2D eigenvalue weighted by molar-refractivity contribution is 6.12. The van der Waals surface area contributed by atoms with Crippen LogP contribution in [0.3, 0.4) is 0 Å². The standard InChI is InChI=1S/C74H39N9O2/c75-38-43-27-30-61-51(33-43)48-13-1-4-18-58(48)80(61)46-36-56-70(78-41-46)71-57(37-47(42-79-71)81-59-19-5-2-14-49(59)52-34-44(39-76)28-31-62(52)81)74(56)54-16-11-23-66(82-60-20-6-3-15-50(60)53-35-45(40-77)29-32-63(53)82)72(54)85-73-55(74)17-12-24-67(73)83-64-21-7-9-25-68(64)84-69-26-10-8-22-65(69)83/h1-37,41-42H. The van der Waals surface area contributed by atoms with E-state index < -0.39 is 5.41 Å². The van der Waals surface area contributed by atoms with Crippen LogP contribution in [0.5, 0.6) is 23.0 Å². The van der Waals surface area contributed by atoms with Crippen molar-refractivity contribution < 1.29 is 9.47 Å². The molecule has 5 aromatic heterocycles. The normalized spacial score (nSPS) is 13.2. The van der Waals surface area contributed by atoms with E-state index in [-0.39, 0.29) is 0 Å². The van der Waals surface area contributed by atoms with Gasteiger partial charge in [0, 0.05) is 54.6 Å². The number of benzene rings is 10. The summed E-state index contributed by atoms with van der Waals surface area (Å²) < 4.78 is 21.4. The molecule has 10 aromatic carbocycles. The third kappa shape index (κ3) is 6.18. The zero-order valence-corrected chi connectivity index (χ0v) is 44.9. The molecule has 3 aliphatic rings. The second-order valence-electron chi connectivity index (χ2n) is 21.8. The summed E-state index contributed by atoms with van der Waals surface area (Å²) in [4.78, 5) is 13.4. The number of fused-ring (bicyclic) bond motifs is 20. The quantitative estimate of drug-likeness (QED) is 0.170. The summed E-state index contributed by atoms with van der Waals surface area (Å²) in [6.07, 6.45) is 3.90. The minimum atomic E-state index is -1.21. The topological polar surface area (TPSA) is 134 Å². The lowest BCUT2D eigenvalue weighted by Crippen LogP contribution is -2.33. The van der Waals surface area contributed by atoms with Crippen molar-refractivity contribution >= 4 is 82.5 Å². The van der Waals surface area contributed by atoms with Gasteiger partial charge in [-0.3, -0.25) is 14.9 Å². The van der Waals surface area contributed by atoms with Crippen LogP contribution in [0.1, 0.15) is 38.9 Å². The van der Waals surface area contributed by atoms with Gasteiger partial charge in [0.2, 0.25) is 0 Å². The number of aromatic nitrogens is 5. The van der Waals surface area contributed by atoms with Crippen LogP contribution in [-0.4, -0.2) is 23.7 Å². The van der Waals surface area contributed by atoms with Crippen molar-refractivity contribution in [2.45, 2.75) is 5.41 Å². The average Bonchev–Trinajstić information content (AvgIpc) is 1.64. The Balaban J connectivity index is 1.01. The molecule has 11 heteroatoms. The molecule has 0 unspecified atom stereocenters. The maximum absolute atomic E-state index is 10.3. The predicted molar refractivity (Wildman–Crippen MR) is 331 cm³/mol. The van der Waals surface area contributed by atoms with E-state index in [2.05, 4.69) is 140 Å². The van der Waals surface area contributed by atoms with Crippen LogP contribution in [-0.2, 0) is 5.41 Å².